The van der Waals surface area contributed by atoms with Crippen LogP contribution in [0.15, 0.2) is 29.1 Å². The molecule has 0 aromatic carbocycles. The van der Waals surface area contributed by atoms with Gasteiger partial charge in [-0.05, 0) is 19.7 Å². The topological polar surface area (TPSA) is 32.6 Å². The Morgan fingerprint density at radius 3 is 1.67 bits per heavy atom. The molecule has 0 amide bonds. The van der Waals surface area contributed by atoms with E-state index in [4.69, 9.17) is 5.11 Å². The van der Waals surface area contributed by atoms with Crippen molar-refractivity contribution in [3.05, 3.63) is 24.1 Å². The molecule has 0 atom stereocenters. The van der Waals surface area contributed by atoms with Crippen molar-refractivity contribution < 1.29 is 5.11 Å². The highest BCUT2D eigenvalue weighted by molar-refractivity contribution is 5.30. The van der Waals surface area contributed by atoms with Crippen molar-refractivity contribution in [1.29, 1.82) is 0 Å². The smallest absolute Gasteiger partial charge is 0.136 e. The standard InChI is InChI=1S/C6H9NO.2C2H6/c1-4-6(8)5(2)7-3;2*1-2/h4,8H,1,3H2,2H3;2*1-2H3/b6-5+;;. The van der Waals surface area contributed by atoms with E-state index in [0.717, 1.165) is 0 Å². The van der Waals surface area contributed by atoms with Gasteiger partial charge in [-0.25, -0.2) is 0 Å². The normalized spacial score (nSPS) is 9.08. The van der Waals surface area contributed by atoms with Crippen LogP contribution in [0.5, 0.6) is 0 Å². The third-order valence-electron chi connectivity index (χ3n) is 0.801. The van der Waals surface area contributed by atoms with Crippen LogP contribution in [-0.2, 0) is 0 Å². The molecule has 0 rings (SSSR count). The van der Waals surface area contributed by atoms with Crippen LogP contribution in [0.3, 0.4) is 0 Å². The number of rotatable bonds is 2. The molecule has 1 N–H and O–H groups in total. The van der Waals surface area contributed by atoms with Gasteiger partial charge in [-0.15, -0.1) is 0 Å². The van der Waals surface area contributed by atoms with Gasteiger partial charge in [-0.1, -0.05) is 34.3 Å². The second kappa shape index (κ2) is 16.5. The lowest BCUT2D eigenvalue weighted by Gasteiger charge is -1.90. The van der Waals surface area contributed by atoms with Crippen LogP contribution < -0.4 is 0 Å². The van der Waals surface area contributed by atoms with Crippen molar-refractivity contribution in [2.45, 2.75) is 34.6 Å². The quantitative estimate of drug-likeness (QED) is 0.383. The number of aliphatic hydroxyl groups excluding tert-OH is 1. The molecule has 0 radical (unpaired) electrons. The minimum Gasteiger partial charge on any atom is -0.506 e. The van der Waals surface area contributed by atoms with Crippen molar-refractivity contribution >= 4 is 6.72 Å². The summed E-state index contributed by atoms with van der Waals surface area (Å²) in [6.07, 6.45) is 1.32. The van der Waals surface area contributed by atoms with Crippen molar-refractivity contribution in [2.75, 3.05) is 0 Å². The van der Waals surface area contributed by atoms with Gasteiger partial charge in [0.05, 0.1) is 5.70 Å². The summed E-state index contributed by atoms with van der Waals surface area (Å²) in [7, 11) is 0. The molecule has 72 valence electrons. The van der Waals surface area contributed by atoms with E-state index in [1.165, 1.54) is 6.08 Å². The zero-order valence-corrected chi connectivity index (χ0v) is 8.89. The van der Waals surface area contributed by atoms with Gasteiger partial charge in [0.2, 0.25) is 0 Å². The first-order valence-electron chi connectivity index (χ1n) is 4.21. The maximum atomic E-state index is 8.75. The fraction of sp³-hybridized carbons (Fsp3) is 0.500. The number of aliphatic hydroxyl groups is 1. The highest BCUT2D eigenvalue weighted by Gasteiger charge is 1.87. The molecule has 0 aromatic heterocycles. The summed E-state index contributed by atoms with van der Waals surface area (Å²) in [5, 5.41) is 8.75. The summed E-state index contributed by atoms with van der Waals surface area (Å²) in [6.45, 7) is 16.2. The summed E-state index contributed by atoms with van der Waals surface area (Å²) in [4.78, 5) is 3.47. The molecule has 0 heterocycles. The van der Waals surface area contributed by atoms with Crippen LogP contribution in [0.2, 0.25) is 0 Å². The van der Waals surface area contributed by atoms with E-state index in [0.29, 0.717) is 5.70 Å². The summed E-state index contributed by atoms with van der Waals surface area (Å²) >= 11 is 0. The van der Waals surface area contributed by atoms with Crippen LogP contribution in [0.25, 0.3) is 0 Å². The van der Waals surface area contributed by atoms with Crippen LogP contribution >= 0.6 is 0 Å². The summed E-state index contributed by atoms with van der Waals surface area (Å²) in [6, 6.07) is 0. The van der Waals surface area contributed by atoms with E-state index in [1.807, 2.05) is 27.7 Å². The molecule has 0 aliphatic rings. The molecule has 0 fully saturated rings. The fourth-order valence-corrected chi connectivity index (χ4v) is 0.229. The molecular formula is C10H21NO. The minimum absolute atomic E-state index is 0.0833. The van der Waals surface area contributed by atoms with Crippen LogP contribution in [0.4, 0.5) is 0 Å². The van der Waals surface area contributed by atoms with Gasteiger partial charge >= 0.3 is 0 Å². The zero-order chi connectivity index (χ0) is 10.6. The molecule has 0 bridgehead atoms. The zero-order valence-electron chi connectivity index (χ0n) is 8.89. The monoisotopic (exact) mass is 171 g/mol. The number of nitrogens with zero attached hydrogens (tertiary/aromatic N) is 1. The Morgan fingerprint density at radius 1 is 1.25 bits per heavy atom. The Labute approximate surface area is 76.3 Å². The fourth-order valence-electron chi connectivity index (χ4n) is 0.229. The van der Waals surface area contributed by atoms with Crippen LogP contribution in [0, 0.1) is 0 Å². The van der Waals surface area contributed by atoms with Crippen LogP contribution in [0.1, 0.15) is 34.6 Å². The van der Waals surface area contributed by atoms with Gasteiger partial charge in [0.25, 0.3) is 0 Å². The molecule has 2 nitrogen and oxygen atoms in total. The summed E-state index contributed by atoms with van der Waals surface area (Å²) in [5.41, 5.74) is 0.500. The third kappa shape index (κ3) is 11.7. The largest absolute Gasteiger partial charge is 0.506 e. The molecule has 0 saturated heterocycles. The second-order valence-corrected chi connectivity index (χ2v) is 1.33. The van der Waals surface area contributed by atoms with Gasteiger partial charge < -0.3 is 5.11 Å². The van der Waals surface area contributed by atoms with Crippen molar-refractivity contribution in [3.63, 3.8) is 0 Å². The molecule has 0 unspecified atom stereocenters. The number of allylic oxidation sites excluding steroid dienone is 2. The SMILES string of the molecule is C=C/C(O)=C(/C)N=C.CC.CC. The lowest BCUT2D eigenvalue weighted by atomic mass is 10.4. The first-order chi connectivity index (χ1) is 5.72. The van der Waals surface area contributed by atoms with E-state index in [2.05, 4.69) is 18.3 Å². The Bertz CT molecular complexity index is 121. The Balaban J connectivity index is -0.000000175. The molecule has 0 aliphatic heterocycles. The summed E-state index contributed by atoms with van der Waals surface area (Å²) in [5.74, 6) is 0.0833. The van der Waals surface area contributed by atoms with Crippen molar-refractivity contribution in [3.8, 4) is 0 Å². The molecule has 0 aliphatic carbocycles. The van der Waals surface area contributed by atoms with Gasteiger partial charge in [0.1, 0.15) is 5.76 Å². The highest BCUT2D eigenvalue weighted by atomic mass is 16.3. The maximum Gasteiger partial charge on any atom is 0.136 e. The molecule has 2 heteroatoms. The predicted octanol–water partition coefficient (Wildman–Crippen LogP) is 3.71. The average Bonchev–Trinajstić information content (AvgIpc) is 2.21. The molecule has 0 spiro atoms. The summed E-state index contributed by atoms with van der Waals surface area (Å²) < 4.78 is 0. The highest BCUT2D eigenvalue weighted by Crippen LogP contribution is 1.99. The van der Waals surface area contributed by atoms with Crippen molar-refractivity contribution in [2.24, 2.45) is 4.99 Å². The van der Waals surface area contributed by atoms with Gasteiger partial charge in [0.15, 0.2) is 0 Å². The maximum absolute atomic E-state index is 8.75. The lowest BCUT2D eigenvalue weighted by molar-refractivity contribution is 0.425. The van der Waals surface area contributed by atoms with Gasteiger partial charge in [-0.3, -0.25) is 4.99 Å². The average molecular weight is 171 g/mol. The molecule has 12 heavy (non-hydrogen) atoms. The molecule has 0 saturated carbocycles. The van der Waals surface area contributed by atoms with E-state index < -0.39 is 0 Å². The first-order valence-corrected chi connectivity index (χ1v) is 4.21. The lowest BCUT2D eigenvalue weighted by Crippen LogP contribution is -1.77. The van der Waals surface area contributed by atoms with Crippen LogP contribution in [-0.4, -0.2) is 11.8 Å². The number of aliphatic imine (C=N–C) groups is 1. The Hall–Kier alpha value is -1.05. The Kier molecular flexibility index (Phi) is 23.6. The third-order valence-corrected chi connectivity index (χ3v) is 0.801. The molecule has 0 aromatic rings. The van der Waals surface area contributed by atoms with Gasteiger partial charge in [0, 0.05) is 0 Å². The Morgan fingerprint density at radius 2 is 1.58 bits per heavy atom. The second-order valence-electron chi connectivity index (χ2n) is 1.33. The first kappa shape index (κ1) is 17.2. The van der Waals surface area contributed by atoms with E-state index in [9.17, 15) is 0 Å². The number of hydrogen-bond donors (Lipinski definition) is 1. The molecular weight excluding hydrogens is 150 g/mol. The van der Waals surface area contributed by atoms with E-state index in [1.54, 1.807) is 6.92 Å². The minimum atomic E-state index is 0.0833. The van der Waals surface area contributed by atoms with E-state index >= 15 is 0 Å². The van der Waals surface area contributed by atoms with E-state index in [-0.39, 0.29) is 5.76 Å². The van der Waals surface area contributed by atoms with Crippen molar-refractivity contribution in [1.82, 2.24) is 0 Å². The predicted molar refractivity (Wildman–Crippen MR) is 57.8 cm³/mol. The number of hydrogen-bond acceptors (Lipinski definition) is 2. The van der Waals surface area contributed by atoms with Gasteiger partial charge in [-0.2, -0.15) is 0 Å².